The lowest BCUT2D eigenvalue weighted by atomic mass is 9.94. The van der Waals surface area contributed by atoms with Crippen molar-refractivity contribution in [2.45, 2.75) is 32.2 Å². The van der Waals surface area contributed by atoms with E-state index in [1.807, 2.05) is 13.8 Å². The molecule has 0 aliphatic carbocycles. The van der Waals surface area contributed by atoms with Crippen LogP contribution in [0.3, 0.4) is 0 Å². The van der Waals surface area contributed by atoms with Crippen molar-refractivity contribution in [3.05, 3.63) is 46.0 Å². The van der Waals surface area contributed by atoms with Gasteiger partial charge in [-0.25, -0.2) is 4.39 Å². The highest BCUT2D eigenvalue weighted by atomic mass is 19.1. The molecule has 0 aliphatic rings. The van der Waals surface area contributed by atoms with E-state index in [1.54, 1.807) is 0 Å². The van der Waals surface area contributed by atoms with Crippen molar-refractivity contribution in [3.8, 4) is 0 Å². The summed E-state index contributed by atoms with van der Waals surface area (Å²) in [4.78, 5) is 26.7. The highest BCUT2D eigenvalue weighted by Gasteiger charge is 2.25. The van der Waals surface area contributed by atoms with Crippen LogP contribution in [0, 0.1) is 5.82 Å². The van der Waals surface area contributed by atoms with Crippen LogP contribution in [0.1, 0.15) is 37.0 Å². The van der Waals surface area contributed by atoms with E-state index in [4.69, 9.17) is 5.11 Å². The van der Waals surface area contributed by atoms with Gasteiger partial charge in [-0.1, -0.05) is 6.92 Å². The lowest BCUT2D eigenvalue weighted by Gasteiger charge is -2.29. The van der Waals surface area contributed by atoms with Gasteiger partial charge in [-0.2, -0.15) is 0 Å². The zero-order chi connectivity index (χ0) is 16.3. The van der Waals surface area contributed by atoms with Gasteiger partial charge in [-0.3, -0.25) is 9.59 Å². The Morgan fingerprint density at radius 1 is 1.41 bits per heavy atom. The van der Waals surface area contributed by atoms with Crippen LogP contribution in [0.25, 0.3) is 10.9 Å². The number of carbonyl (C=O) groups excluding carboxylic acids is 1. The van der Waals surface area contributed by atoms with E-state index in [0.717, 1.165) is 0 Å². The molecule has 6 heteroatoms. The molecule has 1 aromatic heterocycles. The first-order chi connectivity index (χ1) is 10.4. The zero-order valence-corrected chi connectivity index (χ0v) is 12.6. The first-order valence-electron chi connectivity index (χ1n) is 7.14. The molecule has 22 heavy (non-hydrogen) atoms. The van der Waals surface area contributed by atoms with E-state index < -0.39 is 22.8 Å². The maximum Gasteiger partial charge on any atom is 0.252 e. The van der Waals surface area contributed by atoms with Crippen molar-refractivity contribution in [1.29, 1.82) is 0 Å². The fourth-order valence-corrected chi connectivity index (χ4v) is 2.34. The molecule has 118 valence electrons. The predicted molar refractivity (Wildman–Crippen MR) is 82.4 cm³/mol. The molecule has 1 atom stereocenters. The smallest absolute Gasteiger partial charge is 0.252 e. The van der Waals surface area contributed by atoms with Crippen molar-refractivity contribution >= 4 is 16.8 Å². The number of H-pyrrole nitrogens is 1. The van der Waals surface area contributed by atoms with Crippen LogP contribution < -0.4 is 10.9 Å². The molecule has 1 amide bonds. The average molecular weight is 306 g/mol. The Hall–Kier alpha value is -2.21. The maximum absolute atomic E-state index is 13.3. The zero-order valence-electron chi connectivity index (χ0n) is 12.6. The monoisotopic (exact) mass is 306 g/mol. The van der Waals surface area contributed by atoms with Crippen molar-refractivity contribution in [2.24, 2.45) is 0 Å². The average Bonchev–Trinajstić information content (AvgIpc) is 2.46. The molecule has 1 heterocycles. The van der Waals surface area contributed by atoms with Crippen molar-refractivity contribution < 1.29 is 14.3 Å². The second kappa shape index (κ2) is 6.27. The molecule has 2 rings (SSSR count). The number of carbonyl (C=O) groups is 1. The Morgan fingerprint density at radius 2 is 2.14 bits per heavy atom. The third kappa shape index (κ3) is 3.33. The lowest BCUT2D eigenvalue weighted by molar-refractivity contribution is 0.0887. The van der Waals surface area contributed by atoms with Gasteiger partial charge in [0.05, 0.1) is 11.1 Å². The number of aliphatic hydroxyl groups is 1. The van der Waals surface area contributed by atoms with Gasteiger partial charge in [-0.15, -0.1) is 0 Å². The molecule has 0 aliphatic heterocycles. The molecule has 2 aromatic rings. The Morgan fingerprint density at radius 3 is 2.77 bits per heavy atom. The Labute approximate surface area is 127 Å². The number of amides is 1. The third-order valence-electron chi connectivity index (χ3n) is 3.91. The summed E-state index contributed by atoms with van der Waals surface area (Å²) < 4.78 is 13.3. The molecule has 1 unspecified atom stereocenters. The fraction of sp³-hybridized carbons (Fsp3) is 0.375. The second-order valence-electron chi connectivity index (χ2n) is 5.58. The number of aromatic nitrogens is 1. The lowest BCUT2D eigenvalue weighted by Crippen LogP contribution is -2.46. The Bertz CT molecular complexity index is 757. The quantitative estimate of drug-likeness (QED) is 0.789. The number of hydrogen-bond donors (Lipinski definition) is 3. The molecule has 1 aromatic carbocycles. The fourth-order valence-electron chi connectivity index (χ4n) is 2.34. The molecule has 0 fully saturated rings. The molecule has 0 saturated carbocycles. The van der Waals surface area contributed by atoms with E-state index in [9.17, 15) is 14.0 Å². The Balaban J connectivity index is 2.46. The molecule has 0 radical (unpaired) electrons. The minimum atomic E-state index is -0.569. The van der Waals surface area contributed by atoms with Crippen molar-refractivity contribution in [1.82, 2.24) is 10.3 Å². The number of pyridine rings is 1. The summed E-state index contributed by atoms with van der Waals surface area (Å²) in [5.74, 6) is -0.903. The van der Waals surface area contributed by atoms with Gasteiger partial charge in [0, 0.05) is 23.6 Å². The number of fused-ring (bicyclic) bond motifs is 1. The van der Waals surface area contributed by atoms with Gasteiger partial charge >= 0.3 is 0 Å². The van der Waals surface area contributed by atoms with Gasteiger partial charge in [-0.05, 0) is 38.0 Å². The van der Waals surface area contributed by atoms with Gasteiger partial charge in [0.25, 0.3) is 5.91 Å². The largest absolute Gasteiger partial charge is 0.396 e. The summed E-state index contributed by atoms with van der Waals surface area (Å²) in [6.45, 7) is 3.68. The third-order valence-corrected chi connectivity index (χ3v) is 3.91. The van der Waals surface area contributed by atoms with E-state index in [1.165, 1.54) is 24.3 Å². The number of hydrogen-bond acceptors (Lipinski definition) is 3. The molecular weight excluding hydrogens is 287 g/mol. The van der Waals surface area contributed by atoms with Crippen LogP contribution in [0.4, 0.5) is 4.39 Å². The van der Waals surface area contributed by atoms with E-state index >= 15 is 0 Å². The second-order valence-corrected chi connectivity index (χ2v) is 5.58. The standard InChI is InChI=1S/C16H19FN2O3/c1-3-16(2,6-7-20)19-15(22)12-9-14(21)18-13-8-10(17)4-5-11(12)13/h4-5,8-9,20H,3,6-7H2,1-2H3,(H,18,21)(H,19,22). The molecule has 0 saturated heterocycles. The predicted octanol–water partition coefficient (Wildman–Crippen LogP) is 1.95. The first-order valence-corrected chi connectivity index (χ1v) is 7.14. The SMILES string of the molecule is CCC(C)(CCO)NC(=O)c1cc(=O)[nH]c2cc(F)ccc12. The summed E-state index contributed by atoms with van der Waals surface area (Å²) in [5.41, 5.74) is -0.571. The molecule has 0 spiro atoms. The van der Waals surface area contributed by atoms with Gasteiger partial charge in [0.15, 0.2) is 0 Å². The topological polar surface area (TPSA) is 82.2 Å². The van der Waals surface area contributed by atoms with Crippen LogP contribution in [-0.2, 0) is 0 Å². The summed E-state index contributed by atoms with van der Waals surface area (Å²) in [6, 6.07) is 5.08. The molecular formula is C16H19FN2O3. The van der Waals surface area contributed by atoms with E-state index in [0.29, 0.717) is 18.2 Å². The van der Waals surface area contributed by atoms with Gasteiger partial charge < -0.3 is 15.4 Å². The Kier molecular flexibility index (Phi) is 4.61. The van der Waals surface area contributed by atoms with Crippen LogP contribution in [0.5, 0.6) is 0 Å². The number of nitrogens with one attached hydrogen (secondary N) is 2. The van der Waals surface area contributed by atoms with Gasteiger partial charge in [0.2, 0.25) is 5.56 Å². The first kappa shape index (κ1) is 16.2. The molecule has 5 nitrogen and oxygen atoms in total. The van der Waals surface area contributed by atoms with Crippen molar-refractivity contribution in [2.75, 3.05) is 6.61 Å². The van der Waals surface area contributed by atoms with E-state index in [-0.39, 0.29) is 17.7 Å². The number of aromatic amines is 1. The maximum atomic E-state index is 13.3. The van der Waals surface area contributed by atoms with Crippen molar-refractivity contribution in [3.63, 3.8) is 0 Å². The minimum Gasteiger partial charge on any atom is -0.396 e. The van der Waals surface area contributed by atoms with Crippen LogP contribution >= 0.6 is 0 Å². The highest BCUT2D eigenvalue weighted by Crippen LogP contribution is 2.19. The molecule has 0 bridgehead atoms. The number of benzene rings is 1. The van der Waals surface area contributed by atoms with Crippen LogP contribution in [0.15, 0.2) is 29.1 Å². The summed E-state index contributed by atoms with van der Waals surface area (Å²) in [7, 11) is 0. The highest BCUT2D eigenvalue weighted by molar-refractivity contribution is 6.06. The summed E-state index contributed by atoms with van der Waals surface area (Å²) >= 11 is 0. The van der Waals surface area contributed by atoms with Crippen LogP contribution in [0.2, 0.25) is 0 Å². The summed E-state index contributed by atoms with van der Waals surface area (Å²) in [5, 5.41) is 12.4. The van der Waals surface area contributed by atoms with Gasteiger partial charge in [0.1, 0.15) is 5.82 Å². The number of aliphatic hydroxyl groups excluding tert-OH is 1. The molecule has 3 N–H and O–H groups in total. The minimum absolute atomic E-state index is 0.0497. The number of halogens is 1. The van der Waals surface area contributed by atoms with Crippen LogP contribution in [-0.4, -0.2) is 28.1 Å². The number of rotatable bonds is 5. The normalized spacial score (nSPS) is 13.8. The summed E-state index contributed by atoms with van der Waals surface area (Å²) in [6.07, 6.45) is 1.04. The van der Waals surface area contributed by atoms with E-state index in [2.05, 4.69) is 10.3 Å².